The molecule has 8 heteroatoms. The lowest BCUT2D eigenvalue weighted by atomic mass is 9.99. The van der Waals surface area contributed by atoms with Gasteiger partial charge in [-0.15, -0.1) is 24.0 Å². The lowest BCUT2D eigenvalue weighted by molar-refractivity contribution is 0.255. The highest BCUT2D eigenvalue weighted by molar-refractivity contribution is 14.0. The quantitative estimate of drug-likeness (QED) is 0.341. The van der Waals surface area contributed by atoms with Crippen molar-refractivity contribution >= 4 is 29.9 Å². The summed E-state index contributed by atoms with van der Waals surface area (Å²) in [4.78, 5) is 9.05. The number of rotatable bonds is 7. The average Bonchev–Trinajstić information content (AvgIpc) is 3.14. The molecule has 166 valence electrons. The molecule has 0 spiro atoms. The zero-order valence-corrected chi connectivity index (χ0v) is 21.0. The Morgan fingerprint density at radius 3 is 2.50 bits per heavy atom. The summed E-state index contributed by atoms with van der Waals surface area (Å²) in [5.41, 5.74) is 3.93. The van der Waals surface area contributed by atoms with E-state index in [1.54, 1.807) is 14.2 Å². The normalized spacial score (nSPS) is 14.0. The van der Waals surface area contributed by atoms with Gasteiger partial charge < -0.3 is 24.3 Å². The van der Waals surface area contributed by atoms with Crippen molar-refractivity contribution in [1.29, 1.82) is 0 Å². The van der Waals surface area contributed by atoms with Gasteiger partial charge in [0, 0.05) is 59.2 Å². The number of hydrogen-bond acceptors (Lipinski definition) is 4. The number of aromatic nitrogens is 1. The number of hydrogen-bond donors (Lipinski definition) is 1. The summed E-state index contributed by atoms with van der Waals surface area (Å²) in [5.74, 6) is 2.52. The minimum atomic E-state index is 0. The van der Waals surface area contributed by atoms with E-state index in [2.05, 4.69) is 69.2 Å². The van der Waals surface area contributed by atoms with Crippen molar-refractivity contribution in [2.75, 3.05) is 47.9 Å². The molecule has 1 aromatic heterocycles. The molecular formula is C22H34IN5O2. The number of ether oxygens (including phenoxy) is 2. The van der Waals surface area contributed by atoms with Crippen LogP contribution in [0.15, 0.2) is 35.5 Å². The summed E-state index contributed by atoms with van der Waals surface area (Å²) in [6.45, 7) is 4.61. The summed E-state index contributed by atoms with van der Waals surface area (Å²) in [5, 5.41) is 3.49. The van der Waals surface area contributed by atoms with Crippen molar-refractivity contribution in [2.24, 2.45) is 12.0 Å². The first kappa shape index (κ1) is 24.3. The second-order valence-electron chi connectivity index (χ2n) is 7.44. The van der Waals surface area contributed by atoms with Crippen LogP contribution in [0.3, 0.4) is 0 Å². The minimum Gasteiger partial charge on any atom is -0.493 e. The van der Waals surface area contributed by atoms with Gasteiger partial charge in [0.15, 0.2) is 17.5 Å². The summed E-state index contributed by atoms with van der Waals surface area (Å²) in [7, 11) is 9.34. The van der Waals surface area contributed by atoms with Crippen molar-refractivity contribution in [3.05, 3.63) is 47.3 Å². The van der Waals surface area contributed by atoms with Crippen LogP contribution in [0.4, 0.5) is 0 Å². The standard InChI is InChI=1S/C22H33N5O2.HI/c1-23-22(26(3)16-19-7-6-10-25(19)2)24-9-12-27-11-8-17-13-20(28-4)21(29-5)14-18(17)15-27;/h6-7,10,13-14H,8-9,11-12,15-16H2,1-5H3,(H,23,24);1H. The number of aryl methyl sites for hydroxylation is 1. The first-order chi connectivity index (χ1) is 14.0. The van der Waals surface area contributed by atoms with E-state index >= 15 is 0 Å². The van der Waals surface area contributed by atoms with Crippen molar-refractivity contribution in [3.8, 4) is 11.5 Å². The van der Waals surface area contributed by atoms with Crippen LogP contribution < -0.4 is 14.8 Å². The highest BCUT2D eigenvalue weighted by atomic mass is 127. The summed E-state index contributed by atoms with van der Waals surface area (Å²) in [6.07, 6.45) is 3.09. The van der Waals surface area contributed by atoms with Crippen LogP contribution >= 0.6 is 24.0 Å². The maximum Gasteiger partial charge on any atom is 0.193 e. The highest BCUT2D eigenvalue weighted by Gasteiger charge is 2.19. The number of fused-ring (bicyclic) bond motifs is 1. The molecule has 2 heterocycles. The molecule has 0 atom stereocenters. The van der Waals surface area contributed by atoms with Crippen LogP contribution in [0.2, 0.25) is 0 Å². The van der Waals surface area contributed by atoms with E-state index in [0.29, 0.717) is 0 Å². The third-order valence-corrected chi connectivity index (χ3v) is 5.53. The van der Waals surface area contributed by atoms with Crippen molar-refractivity contribution < 1.29 is 9.47 Å². The van der Waals surface area contributed by atoms with Gasteiger partial charge in [0.25, 0.3) is 0 Å². The van der Waals surface area contributed by atoms with Gasteiger partial charge in [-0.2, -0.15) is 0 Å². The molecule has 1 aliphatic rings. The predicted octanol–water partition coefficient (Wildman–Crippen LogP) is 2.73. The van der Waals surface area contributed by atoms with Crippen LogP contribution in [-0.2, 0) is 26.6 Å². The van der Waals surface area contributed by atoms with Gasteiger partial charge in [-0.05, 0) is 41.8 Å². The Kier molecular flexibility index (Phi) is 9.29. The molecule has 1 aromatic carbocycles. The first-order valence-electron chi connectivity index (χ1n) is 10.0. The molecule has 1 aliphatic heterocycles. The zero-order valence-electron chi connectivity index (χ0n) is 18.6. The van der Waals surface area contributed by atoms with E-state index in [-0.39, 0.29) is 24.0 Å². The van der Waals surface area contributed by atoms with E-state index in [4.69, 9.17) is 9.47 Å². The summed E-state index contributed by atoms with van der Waals surface area (Å²) >= 11 is 0. The van der Waals surface area contributed by atoms with E-state index < -0.39 is 0 Å². The summed E-state index contributed by atoms with van der Waals surface area (Å²) < 4.78 is 13.0. The Labute approximate surface area is 197 Å². The number of guanidine groups is 1. The van der Waals surface area contributed by atoms with Crippen LogP contribution in [0.5, 0.6) is 11.5 Å². The molecule has 0 radical (unpaired) electrons. The third kappa shape index (κ3) is 5.81. The largest absolute Gasteiger partial charge is 0.493 e. The van der Waals surface area contributed by atoms with Gasteiger partial charge in [-0.25, -0.2) is 0 Å². The average molecular weight is 527 g/mol. The van der Waals surface area contributed by atoms with Crippen LogP contribution in [0.25, 0.3) is 0 Å². The molecule has 0 saturated carbocycles. The summed E-state index contributed by atoms with van der Waals surface area (Å²) in [6, 6.07) is 8.43. The molecule has 1 N–H and O–H groups in total. The molecule has 7 nitrogen and oxygen atoms in total. The Balaban J connectivity index is 0.00000320. The zero-order chi connectivity index (χ0) is 20.8. The fraction of sp³-hybridized carbons (Fsp3) is 0.500. The molecule has 0 fully saturated rings. The fourth-order valence-electron chi connectivity index (χ4n) is 3.82. The Morgan fingerprint density at radius 2 is 1.90 bits per heavy atom. The van der Waals surface area contributed by atoms with Crippen molar-refractivity contribution in [3.63, 3.8) is 0 Å². The molecule has 2 aromatic rings. The monoisotopic (exact) mass is 527 g/mol. The van der Waals surface area contributed by atoms with Gasteiger partial charge in [-0.3, -0.25) is 9.89 Å². The minimum absolute atomic E-state index is 0. The number of benzene rings is 1. The van der Waals surface area contributed by atoms with Crippen molar-refractivity contribution in [1.82, 2.24) is 19.7 Å². The second-order valence-corrected chi connectivity index (χ2v) is 7.44. The fourth-order valence-corrected chi connectivity index (χ4v) is 3.82. The molecule has 3 rings (SSSR count). The lowest BCUT2D eigenvalue weighted by Gasteiger charge is -2.30. The van der Waals surface area contributed by atoms with Crippen molar-refractivity contribution in [2.45, 2.75) is 19.5 Å². The third-order valence-electron chi connectivity index (χ3n) is 5.53. The predicted molar refractivity (Wildman–Crippen MR) is 132 cm³/mol. The second kappa shape index (κ2) is 11.5. The number of halogens is 1. The Bertz CT molecular complexity index is 852. The maximum absolute atomic E-state index is 5.46. The van der Waals surface area contributed by atoms with Gasteiger partial charge >= 0.3 is 0 Å². The number of methoxy groups -OCH3 is 2. The van der Waals surface area contributed by atoms with E-state index in [1.807, 2.05) is 7.05 Å². The first-order valence-corrected chi connectivity index (χ1v) is 10.0. The molecule has 0 saturated heterocycles. The Hall–Kier alpha value is -1.94. The molecule has 30 heavy (non-hydrogen) atoms. The smallest absolute Gasteiger partial charge is 0.193 e. The molecule has 0 unspecified atom stereocenters. The molecule has 0 aliphatic carbocycles. The Morgan fingerprint density at radius 1 is 1.20 bits per heavy atom. The van der Waals surface area contributed by atoms with Crippen LogP contribution in [-0.4, -0.2) is 68.3 Å². The number of aliphatic imine (C=N–C) groups is 1. The number of nitrogens with one attached hydrogen (secondary N) is 1. The maximum atomic E-state index is 5.46. The topological polar surface area (TPSA) is 54.3 Å². The molecular weight excluding hydrogens is 493 g/mol. The van der Waals surface area contributed by atoms with Gasteiger partial charge in [0.05, 0.1) is 20.8 Å². The lowest BCUT2D eigenvalue weighted by Crippen LogP contribution is -2.43. The van der Waals surface area contributed by atoms with Gasteiger partial charge in [0.2, 0.25) is 0 Å². The molecule has 0 bridgehead atoms. The number of nitrogens with zero attached hydrogens (tertiary/aromatic N) is 4. The van der Waals surface area contributed by atoms with E-state index in [0.717, 1.165) is 56.6 Å². The highest BCUT2D eigenvalue weighted by Crippen LogP contribution is 2.33. The van der Waals surface area contributed by atoms with Crippen LogP contribution in [0, 0.1) is 0 Å². The molecule has 0 amide bonds. The van der Waals surface area contributed by atoms with Gasteiger partial charge in [0.1, 0.15) is 0 Å². The van der Waals surface area contributed by atoms with E-state index in [9.17, 15) is 0 Å². The van der Waals surface area contributed by atoms with E-state index in [1.165, 1.54) is 16.8 Å². The van der Waals surface area contributed by atoms with Crippen LogP contribution in [0.1, 0.15) is 16.8 Å². The SMILES string of the molecule is CN=C(NCCN1CCc2cc(OC)c(OC)cc2C1)N(C)Cc1cccn1C.I. The van der Waals surface area contributed by atoms with Gasteiger partial charge in [-0.1, -0.05) is 0 Å².